The van der Waals surface area contributed by atoms with Crippen LogP contribution in [0.5, 0.6) is 0 Å². The van der Waals surface area contributed by atoms with Crippen molar-refractivity contribution < 1.29 is 13.6 Å². The Labute approximate surface area is 182 Å². The van der Waals surface area contributed by atoms with Gasteiger partial charge in [0, 0.05) is 16.5 Å². The monoisotopic (exact) mass is 453 g/mol. The number of nitrogens with zero attached hydrogens (tertiary/aromatic N) is 4. The number of aromatic nitrogens is 4. The zero-order valence-corrected chi connectivity index (χ0v) is 17.6. The van der Waals surface area contributed by atoms with Crippen LogP contribution in [0, 0.1) is 18.6 Å². The van der Waals surface area contributed by atoms with Gasteiger partial charge < -0.3 is 0 Å². The second kappa shape index (κ2) is 7.64. The third kappa shape index (κ3) is 3.71. The number of anilines is 1. The third-order valence-electron chi connectivity index (χ3n) is 4.54. The molecule has 3 aromatic heterocycles. The summed E-state index contributed by atoms with van der Waals surface area (Å²) in [6.07, 6.45) is 0. The molecule has 0 aliphatic rings. The van der Waals surface area contributed by atoms with Gasteiger partial charge in [0.2, 0.25) is 4.96 Å². The van der Waals surface area contributed by atoms with Gasteiger partial charge in [-0.3, -0.25) is 10.1 Å². The Kier molecular flexibility index (Phi) is 4.79. The number of aryl methyl sites for hydroxylation is 1. The van der Waals surface area contributed by atoms with Crippen molar-refractivity contribution in [3.05, 3.63) is 76.1 Å². The molecule has 0 spiro atoms. The largest absolute Gasteiger partial charge is 0.288 e. The lowest BCUT2D eigenvalue weighted by molar-refractivity contribution is 0.102. The van der Waals surface area contributed by atoms with E-state index in [1.54, 1.807) is 35.7 Å². The number of halogens is 2. The fourth-order valence-electron chi connectivity index (χ4n) is 3.03. The van der Waals surface area contributed by atoms with Crippen molar-refractivity contribution in [2.24, 2.45) is 0 Å². The lowest BCUT2D eigenvalue weighted by Crippen LogP contribution is -2.12. The molecule has 2 aromatic carbocycles. The van der Waals surface area contributed by atoms with Gasteiger partial charge in [0.05, 0.1) is 11.4 Å². The van der Waals surface area contributed by atoms with Gasteiger partial charge in [-0.25, -0.2) is 18.3 Å². The van der Waals surface area contributed by atoms with Gasteiger partial charge in [-0.15, -0.1) is 27.8 Å². The first-order valence-electron chi connectivity index (χ1n) is 9.13. The van der Waals surface area contributed by atoms with E-state index in [0.29, 0.717) is 20.5 Å². The summed E-state index contributed by atoms with van der Waals surface area (Å²) in [4.78, 5) is 22.6. The van der Waals surface area contributed by atoms with Crippen molar-refractivity contribution in [2.45, 2.75) is 6.92 Å². The number of hydrogen-bond acceptors (Lipinski definition) is 6. The van der Waals surface area contributed by atoms with E-state index < -0.39 is 0 Å². The molecule has 0 aliphatic carbocycles. The Morgan fingerprint density at radius 3 is 2.29 bits per heavy atom. The van der Waals surface area contributed by atoms with E-state index in [2.05, 4.69) is 20.4 Å². The first-order valence-corrected chi connectivity index (χ1v) is 10.8. The minimum atomic E-state index is -0.370. The highest BCUT2D eigenvalue weighted by molar-refractivity contribution is 7.17. The zero-order chi connectivity index (χ0) is 21.5. The van der Waals surface area contributed by atoms with E-state index in [-0.39, 0.29) is 23.5 Å². The Morgan fingerprint density at radius 2 is 1.61 bits per heavy atom. The molecule has 154 valence electrons. The topological polar surface area (TPSA) is 72.2 Å². The molecule has 1 amide bonds. The van der Waals surface area contributed by atoms with Gasteiger partial charge in [-0.1, -0.05) is 0 Å². The molecular formula is C21H13F2N5OS2. The molecule has 0 saturated carbocycles. The molecule has 31 heavy (non-hydrogen) atoms. The fourth-order valence-corrected chi connectivity index (χ4v) is 4.83. The van der Waals surface area contributed by atoms with Crippen LogP contribution in [0.1, 0.15) is 15.4 Å². The maximum Gasteiger partial charge on any atom is 0.270 e. The van der Waals surface area contributed by atoms with Crippen LogP contribution in [0.25, 0.3) is 26.8 Å². The second-order valence-corrected chi connectivity index (χ2v) is 8.49. The molecule has 0 unspecified atom stereocenters. The lowest BCUT2D eigenvalue weighted by atomic mass is 10.2. The van der Waals surface area contributed by atoms with Crippen molar-refractivity contribution in [2.75, 3.05) is 5.32 Å². The van der Waals surface area contributed by atoms with Gasteiger partial charge >= 0.3 is 0 Å². The number of hydrogen-bond donors (Lipinski definition) is 1. The van der Waals surface area contributed by atoms with Crippen molar-refractivity contribution in [1.82, 2.24) is 19.6 Å². The Hall–Kier alpha value is -3.50. The molecule has 0 bridgehead atoms. The van der Waals surface area contributed by atoms with Gasteiger partial charge in [-0.05, 0) is 55.5 Å². The van der Waals surface area contributed by atoms with Crippen molar-refractivity contribution in [3.63, 3.8) is 0 Å². The number of nitrogens with one attached hydrogen (secondary N) is 1. The van der Waals surface area contributed by atoms with Crippen LogP contribution in [0.2, 0.25) is 0 Å². The highest BCUT2D eigenvalue weighted by Gasteiger charge is 2.19. The van der Waals surface area contributed by atoms with Crippen LogP contribution < -0.4 is 5.32 Å². The smallest absolute Gasteiger partial charge is 0.270 e. The van der Waals surface area contributed by atoms with E-state index in [0.717, 1.165) is 16.8 Å². The molecule has 6 nitrogen and oxygen atoms in total. The SMILES string of the molecule is Cc1nc(-c2ccc(F)cc2)sc1C(=O)Nc1nc2scc(-c3ccc(F)cc3)n2n1. The molecule has 3 heterocycles. The Bertz CT molecular complexity index is 1400. The summed E-state index contributed by atoms with van der Waals surface area (Å²) < 4.78 is 28.0. The summed E-state index contributed by atoms with van der Waals surface area (Å²) in [6, 6.07) is 12.0. The average Bonchev–Trinajstić information content (AvgIpc) is 3.43. The summed E-state index contributed by atoms with van der Waals surface area (Å²) in [5.41, 5.74) is 2.84. The molecular weight excluding hydrogens is 440 g/mol. The number of thiazole rings is 2. The zero-order valence-electron chi connectivity index (χ0n) is 16.0. The van der Waals surface area contributed by atoms with Crippen LogP contribution in [-0.4, -0.2) is 25.5 Å². The molecule has 0 saturated heterocycles. The number of benzene rings is 2. The number of rotatable bonds is 4. The van der Waals surface area contributed by atoms with Gasteiger partial charge in [0.25, 0.3) is 11.9 Å². The third-order valence-corrected chi connectivity index (χ3v) is 6.56. The first kappa shape index (κ1) is 19.5. The summed E-state index contributed by atoms with van der Waals surface area (Å²) in [6.45, 7) is 1.74. The molecule has 1 N–H and O–H groups in total. The van der Waals surface area contributed by atoms with E-state index in [4.69, 9.17) is 0 Å². The van der Waals surface area contributed by atoms with Gasteiger partial charge in [0.1, 0.15) is 21.5 Å². The minimum Gasteiger partial charge on any atom is -0.288 e. The second-order valence-electron chi connectivity index (χ2n) is 6.65. The predicted molar refractivity (Wildman–Crippen MR) is 116 cm³/mol. The average molecular weight is 453 g/mol. The van der Waals surface area contributed by atoms with Gasteiger partial charge in [-0.2, -0.15) is 4.98 Å². The van der Waals surface area contributed by atoms with Crippen LogP contribution in [-0.2, 0) is 0 Å². The molecule has 5 rings (SSSR count). The lowest BCUT2D eigenvalue weighted by Gasteiger charge is -1.99. The van der Waals surface area contributed by atoms with E-state index >= 15 is 0 Å². The Morgan fingerprint density at radius 1 is 0.968 bits per heavy atom. The van der Waals surface area contributed by atoms with Crippen molar-refractivity contribution >= 4 is 39.5 Å². The quantitative estimate of drug-likeness (QED) is 0.394. The highest BCUT2D eigenvalue weighted by atomic mass is 32.1. The van der Waals surface area contributed by atoms with Crippen LogP contribution in [0.3, 0.4) is 0 Å². The molecule has 0 fully saturated rings. The summed E-state index contributed by atoms with van der Waals surface area (Å²) >= 11 is 2.58. The molecule has 0 atom stereocenters. The minimum absolute atomic E-state index is 0.163. The number of fused-ring (bicyclic) bond motifs is 1. The van der Waals surface area contributed by atoms with Crippen molar-refractivity contribution in [3.8, 4) is 21.8 Å². The number of amides is 1. The van der Waals surface area contributed by atoms with E-state index in [1.165, 1.54) is 46.9 Å². The van der Waals surface area contributed by atoms with Crippen LogP contribution >= 0.6 is 22.7 Å². The summed E-state index contributed by atoms with van der Waals surface area (Å²) in [5.74, 6) is -0.858. The molecule has 10 heteroatoms. The highest BCUT2D eigenvalue weighted by Crippen LogP contribution is 2.29. The normalized spacial score (nSPS) is 11.2. The van der Waals surface area contributed by atoms with E-state index in [9.17, 15) is 13.6 Å². The van der Waals surface area contributed by atoms with E-state index in [1.807, 2.05) is 5.38 Å². The maximum absolute atomic E-state index is 13.2. The summed E-state index contributed by atoms with van der Waals surface area (Å²) in [7, 11) is 0. The molecule has 0 aliphatic heterocycles. The number of carbonyl (C=O) groups excluding carboxylic acids is 1. The molecule has 0 radical (unpaired) electrons. The number of carbonyl (C=O) groups is 1. The van der Waals surface area contributed by atoms with Crippen LogP contribution in [0.4, 0.5) is 14.7 Å². The van der Waals surface area contributed by atoms with Crippen LogP contribution in [0.15, 0.2) is 53.9 Å². The standard InChI is InChI=1S/C21H13F2N5OS2/c1-11-17(31-19(24-11)13-4-8-15(23)9-5-13)18(29)25-20-26-21-28(27-20)16(10-30-21)12-2-6-14(22)7-3-12/h2-10H,1H3,(H,25,27,29). The van der Waals surface area contributed by atoms with Gasteiger partial charge in [0.15, 0.2) is 0 Å². The fraction of sp³-hybridized carbons (Fsp3) is 0.0476. The summed E-state index contributed by atoms with van der Waals surface area (Å²) in [5, 5.41) is 9.58. The maximum atomic E-state index is 13.2. The predicted octanol–water partition coefficient (Wildman–Crippen LogP) is 5.42. The first-order chi connectivity index (χ1) is 15.0. The Balaban J connectivity index is 1.41. The molecule has 5 aromatic rings. The van der Waals surface area contributed by atoms with Crippen molar-refractivity contribution in [1.29, 1.82) is 0 Å².